The highest BCUT2D eigenvalue weighted by Crippen LogP contribution is 2.18. The van der Waals surface area contributed by atoms with Crippen molar-refractivity contribution >= 4 is 17.7 Å². The second kappa shape index (κ2) is 7.15. The van der Waals surface area contributed by atoms with E-state index < -0.39 is 17.8 Å². The van der Waals surface area contributed by atoms with Crippen molar-refractivity contribution in [3.63, 3.8) is 0 Å². The van der Waals surface area contributed by atoms with Crippen LogP contribution >= 0.6 is 0 Å². The van der Waals surface area contributed by atoms with Gasteiger partial charge in [0, 0.05) is 5.56 Å². The third kappa shape index (κ3) is 3.44. The van der Waals surface area contributed by atoms with Crippen molar-refractivity contribution in [3.8, 4) is 6.07 Å². The van der Waals surface area contributed by atoms with E-state index in [0.29, 0.717) is 11.1 Å². The van der Waals surface area contributed by atoms with Crippen LogP contribution in [-0.2, 0) is 11.3 Å². The average Bonchev–Trinajstić information content (AvgIpc) is 2.90. The zero-order valence-corrected chi connectivity index (χ0v) is 13.7. The van der Waals surface area contributed by atoms with Crippen molar-refractivity contribution < 1.29 is 18.8 Å². The number of hydrogen-bond acceptors (Lipinski definition) is 4. The lowest BCUT2D eigenvalue weighted by atomic mass is 10.1. The Bertz CT molecular complexity index is 918. The van der Waals surface area contributed by atoms with Crippen LogP contribution in [0.25, 0.3) is 0 Å². The second-order valence-corrected chi connectivity index (χ2v) is 5.82. The molecule has 130 valence electrons. The number of ketones is 1. The fourth-order valence-electron chi connectivity index (χ4n) is 2.71. The number of imide groups is 1. The van der Waals surface area contributed by atoms with Crippen molar-refractivity contribution in [1.82, 2.24) is 9.80 Å². The van der Waals surface area contributed by atoms with E-state index in [1.807, 2.05) is 6.07 Å². The smallest absolute Gasteiger partial charge is 0.307 e. The van der Waals surface area contributed by atoms with Crippen molar-refractivity contribution in [1.29, 1.82) is 5.26 Å². The van der Waals surface area contributed by atoms with Gasteiger partial charge in [-0.2, -0.15) is 5.26 Å². The van der Waals surface area contributed by atoms with Gasteiger partial charge in [0.2, 0.25) is 0 Å². The number of rotatable bonds is 5. The summed E-state index contributed by atoms with van der Waals surface area (Å²) in [7, 11) is 0. The fraction of sp³-hybridized carbons (Fsp3) is 0.158. The zero-order valence-electron chi connectivity index (χ0n) is 13.7. The maximum Gasteiger partial charge on any atom is 0.327 e. The number of benzene rings is 2. The lowest BCUT2D eigenvalue weighted by Gasteiger charge is -2.17. The molecule has 1 heterocycles. The normalized spacial score (nSPS) is 13.8. The summed E-state index contributed by atoms with van der Waals surface area (Å²) in [6.45, 7) is -0.504. The summed E-state index contributed by atoms with van der Waals surface area (Å²) in [4.78, 5) is 39.1. The largest absolute Gasteiger partial charge is 0.327 e. The van der Waals surface area contributed by atoms with E-state index in [1.54, 1.807) is 24.3 Å². The molecule has 7 heteroatoms. The number of carbonyl (C=O) groups is 3. The van der Waals surface area contributed by atoms with E-state index in [1.165, 1.54) is 12.1 Å². The van der Waals surface area contributed by atoms with Crippen LogP contribution < -0.4 is 0 Å². The predicted octanol–water partition coefficient (Wildman–Crippen LogP) is 2.34. The van der Waals surface area contributed by atoms with Gasteiger partial charge in [0.1, 0.15) is 12.4 Å². The van der Waals surface area contributed by atoms with Crippen LogP contribution in [0, 0.1) is 17.1 Å². The Balaban J connectivity index is 1.71. The van der Waals surface area contributed by atoms with Crippen LogP contribution in [0.3, 0.4) is 0 Å². The molecule has 0 spiro atoms. The van der Waals surface area contributed by atoms with E-state index in [-0.39, 0.29) is 31.0 Å². The zero-order chi connectivity index (χ0) is 18.7. The summed E-state index contributed by atoms with van der Waals surface area (Å²) in [5, 5.41) is 9.12. The van der Waals surface area contributed by atoms with Gasteiger partial charge in [0.25, 0.3) is 5.91 Å². The third-order valence-corrected chi connectivity index (χ3v) is 4.10. The number of carbonyl (C=O) groups excluding carboxylic acids is 3. The number of nitrogens with zero attached hydrogens (tertiary/aromatic N) is 3. The summed E-state index contributed by atoms with van der Waals surface area (Å²) in [6.07, 6.45) is 0. The summed E-state index contributed by atoms with van der Waals surface area (Å²) >= 11 is 0. The van der Waals surface area contributed by atoms with Crippen molar-refractivity contribution in [2.24, 2.45) is 0 Å². The topological polar surface area (TPSA) is 81.5 Å². The Morgan fingerprint density at radius 3 is 2.50 bits per heavy atom. The van der Waals surface area contributed by atoms with Crippen LogP contribution in [0.15, 0.2) is 48.5 Å². The molecule has 1 fully saturated rings. The highest BCUT2D eigenvalue weighted by molar-refractivity contribution is 6.05. The molecule has 2 aromatic carbocycles. The van der Waals surface area contributed by atoms with Crippen LogP contribution in [0.2, 0.25) is 0 Å². The molecule has 0 bridgehead atoms. The first-order chi connectivity index (χ1) is 12.5. The average molecular weight is 351 g/mol. The number of amides is 3. The Morgan fingerprint density at radius 1 is 1.12 bits per heavy atom. The molecule has 0 N–H and O–H groups in total. The second-order valence-electron chi connectivity index (χ2n) is 5.82. The maximum absolute atomic E-state index is 12.9. The lowest BCUT2D eigenvalue weighted by molar-refractivity contribution is -0.125. The minimum atomic E-state index is -0.585. The monoisotopic (exact) mass is 351 g/mol. The van der Waals surface area contributed by atoms with Gasteiger partial charge in [-0.05, 0) is 35.9 Å². The van der Waals surface area contributed by atoms with Crippen LogP contribution in [-0.4, -0.2) is 40.6 Å². The number of halogens is 1. The molecule has 6 nitrogen and oxygen atoms in total. The van der Waals surface area contributed by atoms with Crippen molar-refractivity contribution in [2.75, 3.05) is 13.1 Å². The summed E-state index contributed by atoms with van der Waals surface area (Å²) in [6, 6.07) is 13.1. The number of nitriles is 1. The van der Waals surface area contributed by atoms with Crippen molar-refractivity contribution in [3.05, 3.63) is 71.0 Å². The molecule has 0 saturated carbocycles. The first kappa shape index (κ1) is 17.3. The van der Waals surface area contributed by atoms with E-state index in [4.69, 9.17) is 5.26 Å². The SMILES string of the molecule is N#Cc1ccccc1CN1C(=O)CN(CC(=O)c2ccc(F)cc2)C1=O. The molecule has 3 amide bonds. The number of urea groups is 1. The number of hydrogen-bond donors (Lipinski definition) is 0. The minimum absolute atomic E-state index is 0.0252. The van der Waals surface area contributed by atoms with E-state index in [0.717, 1.165) is 21.9 Å². The van der Waals surface area contributed by atoms with Gasteiger partial charge in [0.15, 0.2) is 5.78 Å². The molecular weight excluding hydrogens is 337 g/mol. The van der Waals surface area contributed by atoms with E-state index in [2.05, 4.69) is 0 Å². The van der Waals surface area contributed by atoms with Crippen LogP contribution in [0.5, 0.6) is 0 Å². The Kier molecular flexibility index (Phi) is 4.76. The molecule has 26 heavy (non-hydrogen) atoms. The van der Waals surface area contributed by atoms with Gasteiger partial charge in [-0.15, -0.1) is 0 Å². The molecule has 3 rings (SSSR count). The highest BCUT2D eigenvalue weighted by Gasteiger charge is 2.37. The molecule has 0 atom stereocenters. The lowest BCUT2D eigenvalue weighted by Crippen LogP contribution is -2.35. The quantitative estimate of drug-likeness (QED) is 0.612. The first-order valence-electron chi connectivity index (χ1n) is 7.85. The van der Waals surface area contributed by atoms with E-state index >= 15 is 0 Å². The summed E-state index contributed by atoms with van der Waals surface area (Å²) in [5.74, 6) is -1.28. The van der Waals surface area contributed by atoms with Crippen molar-refractivity contribution in [2.45, 2.75) is 6.54 Å². The van der Waals surface area contributed by atoms with Gasteiger partial charge in [-0.3, -0.25) is 14.5 Å². The fourth-order valence-corrected chi connectivity index (χ4v) is 2.71. The van der Waals surface area contributed by atoms with Crippen LogP contribution in [0.4, 0.5) is 9.18 Å². The van der Waals surface area contributed by atoms with E-state index in [9.17, 15) is 18.8 Å². The summed E-state index contributed by atoms with van der Waals surface area (Å²) in [5.41, 5.74) is 1.21. The van der Waals surface area contributed by atoms with Gasteiger partial charge in [-0.25, -0.2) is 9.18 Å². The Labute approximate surface area is 149 Å². The Hall–Kier alpha value is -3.53. The van der Waals surface area contributed by atoms with Crippen LogP contribution in [0.1, 0.15) is 21.5 Å². The molecule has 1 aliphatic rings. The van der Waals surface area contributed by atoms with Gasteiger partial charge < -0.3 is 4.90 Å². The Morgan fingerprint density at radius 2 is 1.81 bits per heavy atom. The minimum Gasteiger partial charge on any atom is -0.307 e. The molecule has 2 aromatic rings. The molecule has 1 aliphatic heterocycles. The van der Waals surface area contributed by atoms with Gasteiger partial charge >= 0.3 is 6.03 Å². The highest BCUT2D eigenvalue weighted by atomic mass is 19.1. The molecule has 0 radical (unpaired) electrons. The standard InChI is InChI=1S/C19H14FN3O3/c20-16-7-5-13(6-8-16)17(24)11-22-12-18(25)23(19(22)26)10-15-4-2-1-3-14(15)9-21/h1-8H,10-12H2. The molecule has 0 aromatic heterocycles. The third-order valence-electron chi connectivity index (χ3n) is 4.10. The molecule has 0 aliphatic carbocycles. The molecular formula is C19H14FN3O3. The first-order valence-corrected chi connectivity index (χ1v) is 7.85. The molecule has 1 saturated heterocycles. The van der Waals surface area contributed by atoms with Gasteiger partial charge in [0.05, 0.1) is 24.7 Å². The number of Topliss-reactive ketones (excluding diaryl/α,β-unsaturated/α-hetero) is 1. The summed E-state index contributed by atoms with van der Waals surface area (Å²) < 4.78 is 12.9. The maximum atomic E-state index is 12.9. The molecule has 0 unspecified atom stereocenters. The predicted molar refractivity (Wildman–Crippen MR) is 89.4 cm³/mol. The van der Waals surface area contributed by atoms with Gasteiger partial charge in [-0.1, -0.05) is 18.2 Å².